The third kappa shape index (κ3) is 2.39. The van der Waals surface area contributed by atoms with E-state index in [-0.39, 0.29) is 6.10 Å². The third-order valence-electron chi connectivity index (χ3n) is 1.46. The highest BCUT2D eigenvalue weighted by atomic mass is 28.1. The lowest BCUT2D eigenvalue weighted by atomic mass is 10.3. The van der Waals surface area contributed by atoms with Crippen molar-refractivity contribution in [2.75, 3.05) is 0 Å². The van der Waals surface area contributed by atoms with E-state index in [0.29, 0.717) is 0 Å². The summed E-state index contributed by atoms with van der Waals surface area (Å²) in [5, 5.41) is 1.33. The lowest BCUT2D eigenvalue weighted by Gasteiger charge is -2.11. The second-order valence-corrected chi connectivity index (χ2v) is 4.01. The van der Waals surface area contributed by atoms with Gasteiger partial charge in [-0.25, -0.2) is 0 Å². The Labute approximate surface area is 70.8 Å². The van der Waals surface area contributed by atoms with Crippen LogP contribution in [0.5, 0.6) is 5.75 Å². The lowest BCUT2D eigenvalue weighted by molar-refractivity contribution is 0.244. The Kier molecular flexibility index (Phi) is 2.71. The van der Waals surface area contributed by atoms with Gasteiger partial charge in [-0.05, 0) is 25.1 Å². The molecule has 0 amide bonds. The minimum atomic E-state index is 0.282. The van der Waals surface area contributed by atoms with Crippen molar-refractivity contribution in [3.63, 3.8) is 0 Å². The van der Waals surface area contributed by atoms with Gasteiger partial charge in [0.15, 0.2) is 0 Å². The van der Waals surface area contributed by atoms with Crippen LogP contribution >= 0.6 is 0 Å². The first-order valence-electron chi connectivity index (χ1n) is 3.92. The Hall–Kier alpha value is -0.763. The van der Waals surface area contributed by atoms with Crippen LogP contribution in [0.4, 0.5) is 0 Å². The molecule has 0 saturated heterocycles. The molecule has 0 unspecified atom stereocenters. The smallest absolute Gasteiger partial charge is 0.117 e. The van der Waals surface area contributed by atoms with E-state index in [1.807, 2.05) is 26.0 Å². The first-order valence-corrected chi connectivity index (χ1v) is 4.92. The lowest BCUT2D eigenvalue weighted by Crippen LogP contribution is -2.13. The highest BCUT2D eigenvalue weighted by Crippen LogP contribution is 2.06. The topological polar surface area (TPSA) is 9.23 Å². The number of hydrogen-bond donors (Lipinski definition) is 0. The zero-order chi connectivity index (χ0) is 8.27. The summed E-state index contributed by atoms with van der Waals surface area (Å²) < 4.78 is 5.58. The van der Waals surface area contributed by atoms with Crippen molar-refractivity contribution in [3.05, 3.63) is 24.3 Å². The summed E-state index contributed by atoms with van der Waals surface area (Å²) in [5.41, 5.74) is 0. The molecule has 0 bridgehead atoms. The van der Waals surface area contributed by atoms with E-state index in [1.54, 1.807) is 0 Å². The van der Waals surface area contributed by atoms with Crippen molar-refractivity contribution < 1.29 is 4.74 Å². The molecule has 1 nitrogen and oxygen atoms in total. The SMILES string of the molecule is CC(C)Oc1ccccc1[SiH3]. The molecule has 0 N–H and O–H groups in total. The number of para-hydroxylation sites is 1. The molecule has 60 valence electrons. The van der Waals surface area contributed by atoms with Crippen LogP contribution in [0, 0.1) is 0 Å². The van der Waals surface area contributed by atoms with Crippen molar-refractivity contribution in [2.24, 2.45) is 0 Å². The minimum absolute atomic E-state index is 0.282. The first kappa shape index (κ1) is 8.33. The van der Waals surface area contributed by atoms with E-state index >= 15 is 0 Å². The van der Waals surface area contributed by atoms with Gasteiger partial charge in [-0.3, -0.25) is 0 Å². The summed E-state index contributed by atoms with van der Waals surface area (Å²) in [4.78, 5) is 0. The molecule has 0 radical (unpaired) electrons. The molecule has 0 saturated carbocycles. The Balaban J connectivity index is 2.78. The average Bonchev–Trinajstić information content (AvgIpc) is 1.93. The van der Waals surface area contributed by atoms with E-state index in [2.05, 4.69) is 12.1 Å². The van der Waals surface area contributed by atoms with Crippen molar-refractivity contribution in [1.82, 2.24) is 0 Å². The van der Waals surface area contributed by atoms with Crippen LogP contribution in [0.15, 0.2) is 24.3 Å². The summed E-state index contributed by atoms with van der Waals surface area (Å²) in [7, 11) is 1.06. The molecule has 11 heavy (non-hydrogen) atoms. The van der Waals surface area contributed by atoms with Gasteiger partial charge in [-0.2, -0.15) is 0 Å². The normalized spacial score (nSPS) is 10.5. The Morgan fingerprint density at radius 1 is 1.27 bits per heavy atom. The maximum Gasteiger partial charge on any atom is 0.117 e. The van der Waals surface area contributed by atoms with E-state index in [1.165, 1.54) is 5.19 Å². The van der Waals surface area contributed by atoms with Gasteiger partial charge in [0, 0.05) is 10.2 Å². The van der Waals surface area contributed by atoms with Crippen LogP contribution in [0.1, 0.15) is 13.8 Å². The molecule has 2 heteroatoms. The highest BCUT2D eigenvalue weighted by molar-refractivity contribution is 6.34. The van der Waals surface area contributed by atoms with Crippen LogP contribution in [0.25, 0.3) is 0 Å². The molecule has 0 fully saturated rings. The maximum absolute atomic E-state index is 5.58. The monoisotopic (exact) mass is 166 g/mol. The van der Waals surface area contributed by atoms with E-state index in [0.717, 1.165) is 16.0 Å². The summed E-state index contributed by atoms with van der Waals surface area (Å²) in [6.45, 7) is 4.10. The predicted molar refractivity (Wildman–Crippen MR) is 51.8 cm³/mol. The minimum Gasteiger partial charge on any atom is -0.491 e. The van der Waals surface area contributed by atoms with E-state index in [9.17, 15) is 0 Å². The molecular formula is C9H14OSi. The van der Waals surface area contributed by atoms with Gasteiger partial charge in [-0.1, -0.05) is 18.2 Å². The molecular weight excluding hydrogens is 152 g/mol. The molecule has 0 heterocycles. The van der Waals surface area contributed by atoms with Gasteiger partial charge in [0.1, 0.15) is 5.75 Å². The van der Waals surface area contributed by atoms with Gasteiger partial charge < -0.3 is 4.74 Å². The molecule has 0 aliphatic carbocycles. The standard InChI is InChI=1S/C9H14OSi/c1-7(2)10-8-5-3-4-6-9(8)11/h3-7H,1-2,11H3. The molecule has 0 aliphatic heterocycles. The van der Waals surface area contributed by atoms with Crippen molar-refractivity contribution in [1.29, 1.82) is 0 Å². The van der Waals surface area contributed by atoms with Crippen molar-refractivity contribution in [3.8, 4) is 5.75 Å². The van der Waals surface area contributed by atoms with Crippen LogP contribution in [-0.4, -0.2) is 16.3 Å². The molecule has 0 spiro atoms. The van der Waals surface area contributed by atoms with Crippen LogP contribution in [0.2, 0.25) is 0 Å². The first-order chi connectivity index (χ1) is 5.20. The van der Waals surface area contributed by atoms with Crippen molar-refractivity contribution in [2.45, 2.75) is 20.0 Å². The molecule has 1 rings (SSSR count). The van der Waals surface area contributed by atoms with E-state index < -0.39 is 0 Å². The largest absolute Gasteiger partial charge is 0.491 e. The van der Waals surface area contributed by atoms with Gasteiger partial charge in [0.2, 0.25) is 0 Å². The average molecular weight is 166 g/mol. The fourth-order valence-corrected chi connectivity index (χ4v) is 1.42. The predicted octanol–water partition coefficient (Wildman–Crippen LogP) is 0.464. The molecule has 0 aromatic heterocycles. The Morgan fingerprint density at radius 3 is 2.45 bits per heavy atom. The molecule has 0 aliphatic rings. The molecule has 1 aromatic rings. The fourth-order valence-electron chi connectivity index (χ4n) is 0.943. The Morgan fingerprint density at radius 2 is 1.91 bits per heavy atom. The van der Waals surface area contributed by atoms with Crippen LogP contribution < -0.4 is 9.92 Å². The number of benzene rings is 1. The van der Waals surface area contributed by atoms with E-state index in [4.69, 9.17) is 4.74 Å². The molecule has 0 atom stereocenters. The number of ether oxygens (including phenoxy) is 1. The summed E-state index contributed by atoms with van der Waals surface area (Å²) in [6, 6.07) is 8.21. The van der Waals surface area contributed by atoms with Crippen LogP contribution in [-0.2, 0) is 0 Å². The molecule has 1 aromatic carbocycles. The zero-order valence-corrected chi connectivity index (χ0v) is 9.29. The second-order valence-electron chi connectivity index (χ2n) is 2.93. The summed E-state index contributed by atoms with van der Waals surface area (Å²) in [5.74, 6) is 1.05. The maximum atomic E-state index is 5.58. The summed E-state index contributed by atoms with van der Waals surface area (Å²) in [6.07, 6.45) is 0.282. The Bertz CT molecular complexity index is 233. The van der Waals surface area contributed by atoms with Crippen LogP contribution in [0.3, 0.4) is 0 Å². The van der Waals surface area contributed by atoms with Gasteiger partial charge in [0.25, 0.3) is 0 Å². The third-order valence-corrected chi connectivity index (χ3v) is 2.28. The quantitative estimate of drug-likeness (QED) is 0.580. The number of hydrogen-bond acceptors (Lipinski definition) is 1. The van der Waals surface area contributed by atoms with Crippen molar-refractivity contribution >= 4 is 15.4 Å². The zero-order valence-electron chi connectivity index (χ0n) is 7.29. The summed E-state index contributed by atoms with van der Waals surface area (Å²) >= 11 is 0. The number of rotatable bonds is 2. The van der Waals surface area contributed by atoms with Gasteiger partial charge in [-0.15, -0.1) is 0 Å². The van der Waals surface area contributed by atoms with Gasteiger partial charge in [0.05, 0.1) is 6.10 Å². The second kappa shape index (κ2) is 3.58. The highest BCUT2D eigenvalue weighted by Gasteiger charge is 1.98. The fraction of sp³-hybridized carbons (Fsp3) is 0.333. The van der Waals surface area contributed by atoms with Gasteiger partial charge >= 0.3 is 0 Å².